The van der Waals surface area contributed by atoms with Crippen LogP contribution in [0, 0.1) is 0 Å². The third-order valence-electron chi connectivity index (χ3n) is 5.14. The molecular formula is C21H19N7O2. The predicted octanol–water partition coefficient (Wildman–Crippen LogP) is 2.03. The Morgan fingerprint density at radius 1 is 1.13 bits per heavy atom. The molecule has 30 heavy (non-hydrogen) atoms. The van der Waals surface area contributed by atoms with Gasteiger partial charge in [0, 0.05) is 37.3 Å². The van der Waals surface area contributed by atoms with Gasteiger partial charge >= 0.3 is 0 Å². The zero-order valence-electron chi connectivity index (χ0n) is 16.2. The van der Waals surface area contributed by atoms with Crippen molar-refractivity contribution in [3.8, 4) is 5.69 Å². The second kappa shape index (κ2) is 7.86. The minimum Gasteiger partial charge on any atom is -0.445 e. The van der Waals surface area contributed by atoms with Crippen LogP contribution in [0.4, 0.5) is 0 Å². The lowest BCUT2D eigenvalue weighted by Crippen LogP contribution is -2.35. The number of pyridine rings is 1. The first-order valence-electron chi connectivity index (χ1n) is 9.75. The molecule has 0 bridgehead atoms. The van der Waals surface area contributed by atoms with Crippen molar-refractivity contribution < 1.29 is 9.21 Å². The number of hydrogen-bond donors (Lipinski definition) is 0. The van der Waals surface area contributed by atoms with Gasteiger partial charge < -0.3 is 9.32 Å². The van der Waals surface area contributed by atoms with Gasteiger partial charge in [0.05, 0.1) is 12.2 Å². The molecule has 4 heterocycles. The van der Waals surface area contributed by atoms with Crippen LogP contribution in [-0.4, -0.2) is 47.5 Å². The summed E-state index contributed by atoms with van der Waals surface area (Å²) >= 11 is 0. The fraction of sp³-hybridized carbons (Fsp3) is 0.238. The first-order valence-corrected chi connectivity index (χ1v) is 9.75. The van der Waals surface area contributed by atoms with Crippen LogP contribution in [0.25, 0.3) is 5.69 Å². The van der Waals surface area contributed by atoms with Crippen LogP contribution < -0.4 is 0 Å². The van der Waals surface area contributed by atoms with E-state index in [1.165, 1.54) is 6.33 Å². The van der Waals surface area contributed by atoms with E-state index in [0.717, 1.165) is 29.1 Å². The van der Waals surface area contributed by atoms with Crippen molar-refractivity contribution in [3.63, 3.8) is 0 Å². The van der Waals surface area contributed by atoms with Crippen molar-refractivity contribution in [2.45, 2.75) is 25.8 Å². The maximum absolute atomic E-state index is 12.9. The average Bonchev–Trinajstić information content (AvgIpc) is 3.47. The quantitative estimate of drug-likeness (QED) is 0.504. The first-order chi connectivity index (χ1) is 14.8. The molecule has 9 heteroatoms. The third-order valence-corrected chi connectivity index (χ3v) is 5.14. The molecule has 0 saturated carbocycles. The molecule has 0 spiro atoms. The van der Waals surface area contributed by atoms with E-state index in [2.05, 4.69) is 25.5 Å². The molecule has 0 radical (unpaired) electrons. The highest BCUT2D eigenvalue weighted by molar-refractivity contribution is 5.94. The van der Waals surface area contributed by atoms with Gasteiger partial charge in [-0.25, -0.2) is 9.67 Å². The zero-order chi connectivity index (χ0) is 20.3. The van der Waals surface area contributed by atoms with Gasteiger partial charge in [0.25, 0.3) is 5.91 Å². The number of hydrogen-bond acceptors (Lipinski definition) is 7. The summed E-state index contributed by atoms with van der Waals surface area (Å²) in [6, 6.07) is 11.2. The van der Waals surface area contributed by atoms with Gasteiger partial charge in [-0.3, -0.25) is 9.78 Å². The molecule has 0 N–H and O–H groups in total. The Bertz CT molecular complexity index is 1140. The number of amides is 1. The fourth-order valence-electron chi connectivity index (χ4n) is 3.55. The molecular weight excluding hydrogens is 382 g/mol. The Kier molecular flexibility index (Phi) is 4.76. The van der Waals surface area contributed by atoms with Crippen molar-refractivity contribution in [1.29, 1.82) is 0 Å². The number of carbonyl (C=O) groups excluding carboxylic acids is 1. The highest BCUT2D eigenvalue weighted by Crippen LogP contribution is 2.22. The lowest BCUT2D eigenvalue weighted by atomic mass is 10.1. The third kappa shape index (κ3) is 3.69. The molecule has 1 aliphatic rings. The molecule has 0 atom stereocenters. The number of benzene rings is 1. The summed E-state index contributed by atoms with van der Waals surface area (Å²) in [5.41, 5.74) is 3.42. The van der Waals surface area contributed by atoms with Crippen molar-refractivity contribution in [1.82, 2.24) is 35.1 Å². The molecule has 1 amide bonds. The van der Waals surface area contributed by atoms with Crippen LogP contribution in [0.2, 0.25) is 0 Å². The Morgan fingerprint density at radius 2 is 2.03 bits per heavy atom. The van der Waals surface area contributed by atoms with E-state index in [1.807, 2.05) is 35.4 Å². The monoisotopic (exact) mass is 401 g/mol. The van der Waals surface area contributed by atoms with Crippen molar-refractivity contribution in [3.05, 3.63) is 83.6 Å². The number of rotatable bonds is 5. The molecule has 0 aliphatic carbocycles. The van der Waals surface area contributed by atoms with E-state index >= 15 is 0 Å². The molecule has 1 aromatic carbocycles. The summed E-state index contributed by atoms with van der Waals surface area (Å²) in [6.45, 7) is 1.07. The van der Waals surface area contributed by atoms with Gasteiger partial charge in [-0.05, 0) is 52.7 Å². The van der Waals surface area contributed by atoms with Crippen LogP contribution in [0.3, 0.4) is 0 Å². The number of oxazole rings is 1. The molecule has 5 rings (SSSR count). The summed E-state index contributed by atoms with van der Waals surface area (Å²) in [5, 5.41) is 11.1. The van der Waals surface area contributed by atoms with Crippen molar-refractivity contribution >= 4 is 5.91 Å². The topological polar surface area (TPSA) is 103 Å². The molecule has 9 nitrogen and oxygen atoms in total. The Hall–Kier alpha value is -3.88. The van der Waals surface area contributed by atoms with Crippen molar-refractivity contribution in [2.75, 3.05) is 6.54 Å². The van der Waals surface area contributed by atoms with Crippen LogP contribution in [0.5, 0.6) is 0 Å². The van der Waals surface area contributed by atoms with Crippen LogP contribution >= 0.6 is 0 Å². The molecule has 4 aromatic rings. The molecule has 0 fully saturated rings. The maximum Gasteiger partial charge on any atom is 0.254 e. The number of aryl methyl sites for hydroxylation is 2. The Labute approximate surface area is 172 Å². The van der Waals surface area contributed by atoms with Gasteiger partial charge in [-0.15, -0.1) is 5.10 Å². The van der Waals surface area contributed by atoms with Gasteiger partial charge in [-0.1, -0.05) is 6.07 Å². The van der Waals surface area contributed by atoms with E-state index in [4.69, 9.17) is 4.42 Å². The number of nitrogens with zero attached hydrogens (tertiary/aromatic N) is 7. The van der Waals surface area contributed by atoms with Crippen LogP contribution in [0.15, 0.2) is 59.5 Å². The van der Waals surface area contributed by atoms with Crippen molar-refractivity contribution in [2.24, 2.45) is 0 Å². The van der Waals surface area contributed by atoms with Gasteiger partial charge in [-0.2, -0.15) is 0 Å². The van der Waals surface area contributed by atoms with E-state index in [1.54, 1.807) is 23.0 Å². The lowest BCUT2D eigenvalue weighted by Gasteiger charge is -2.25. The Morgan fingerprint density at radius 3 is 2.80 bits per heavy atom. The summed E-state index contributed by atoms with van der Waals surface area (Å²) in [5.74, 6) is 1.57. The second-order valence-corrected chi connectivity index (χ2v) is 7.12. The normalized spacial score (nSPS) is 13.3. The van der Waals surface area contributed by atoms with E-state index in [9.17, 15) is 4.79 Å². The number of tetrazole rings is 1. The summed E-state index contributed by atoms with van der Waals surface area (Å²) < 4.78 is 7.47. The molecule has 3 aromatic heterocycles. The maximum atomic E-state index is 12.9. The van der Waals surface area contributed by atoms with Crippen LogP contribution in [0.1, 0.15) is 33.3 Å². The number of carbonyl (C=O) groups is 1. The van der Waals surface area contributed by atoms with E-state index < -0.39 is 0 Å². The first kappa shape index (κ1) is 18.2. The lowest BCUT2D eigenvalue weighted by molar-refractivity contribution is 0.0728. The second-order valence-electron chi connectivity index (χ2n) is 7.12. The number of aromatic nitrogens is 6. The molecule has 0 unspecified atom stereocenters. The summed E-state index contributed by atoms with van der Waals surface area (Å²) in [6.07, 6.45) is 7.34. The summed E-state index contributed by atoms with van der Waals surface area (Å²) in [7, 11) is 0. The highest BCUT2D eigenvalue weighted by atomic mass is 16.4. The summed E-state index contributed by atoms with van der Waals surface area (Å²) in [4.78, 5) is 23.5. The molecule has 1 aliphatic heterocycles. The number of fused-ring (bicyclic) bond motifs is 1. The minimum atomic E-state index is -0.0242. The smallest absolute Gasteiger partial charge is 0.254 e. The largest absolute Gasteiger partial charge is 0.445 e. The SMILES string of the molecule is O=C(c1ccc(-n2cnnn2)cc1)N1CCc2oc(CCc3cccnc3)nc2C1. The molecule has 0 saturated heterocycles. The Balaban J connectivity index is 1.25. The van der Waals surface area contributed by atoms with Gasteiger partial charge in [0.2, 0.25) is 0 Å². The van der Waals surface area contributed by atoms with E-state index in [0.29, 0.717) is 37.4 Å². The fourth-order valence-corrected chi connectivity index (χ4v) is 3.55. The highest BCUT2D eigenvalue weighted by Gasteiger charge is 2.26. The minimum absolute atomic E-state index is 0.0242. The van der Waals surface area contributed by atoms with E-state index in [-0.39, 0.29) is 5.91 Å². The predicted molar refractivity (Wildman–Crippen MR) is 106 cm³/mol. The van der Waals surface area contributed by atoms with Crippen LogP contribution in [-0.2, 0) is 25.8 Å². The van der Waals surface area contributed by atoms with Gasteiger partial charge in [0.1, 0.15) is 17.8 Å². The zero-order valence-corrected chi connectivity index (χ0v) is 16.2. The van der Waals surface area contributed by atoms with Gasteiger partial charge in [0.15, 0.2) is 5.89 Å². The average molecular weight is 401 g/mol. The standard InChI is InChI=1S/C21H19N7O2/c29-21(16-4-6-17(7-5-16)28-14-23-25-26-28)27-11-9-19-18(13-27)24-20(30-19)8-3-15-2-1-10-22-12-15/h1-2,4-7,10,12,14H,3,8-9,11,13H2. The molecule has 150 valence electrons.